The van der Waals surface area contributed by atoms with Crippen LogP contribution in [-0.2, 0) is 15.1 Å². The van der Waals surface area contributed by atoms with Crippen LogP contribution in [0.1, 0.15) is 49.7 Å². The van der Waals surface area contributed by atoms with Crippen LogP contribution in [-0.4, -0.2) is 25.0 Å². The maximum absolute atomic E-state index is 14.3. The zero-order valence-corrected chi connectivity index (χ0v) is 14.1. The molecule has 0 bridgehead atoms. The first-order chi connectivity index (χ1) is 12.0. The van der Waals surface area contributed by atoms with E-state index >= 15 is 0 Å². The van der Waals surface area contributed by atoms with E-state index in [0.29, 0.717) is 12.3 Å². The molecule has 0 radical (unpaired) electrons. The second kappa shape index (κ2) is 7.09. The van der Waals surface area contributed by atoms with Gasteiger partial charge in [-0.3, -0.25) is 4.79 Å². The maximum Gasteiger partial charge on any atom is 0.305 e. The summed E-state index contributed by atoms with van der Waals surface area (Å²) in [4.78, 5) is 12.2. The van der Waals surface area contributed by atoms with Gasteiger partial charge in [0.15, 0.2) is 5.60 Å². The van der Waals surface area contributed by atoms with Crippen molar-refractivity contribution in [3.8, 4) is 6.07 Å². The highest BCUT2D eigenvalue weighted by molar-refractivity contribution is 5.76. The van der Waals surface area contributed by atoms with Gasteiger partial charge in [0, 0.05) is 6.42 Å². The Kier molecular flexibility index (Phi) is 5.05. The van der Waals surface area contributed by atoms with Gasteiger partial charge in [0.2, 0.25) is 5.91 Å². The largest absolute Gasteiger partial charge is 0.356 e. The van der Waals surface area contributed by atoms with Crippen molar-refractivity contribution in [1.29, 1.82) is 5.26 Å². The van der Waals surface area contributed by atoms with Crippen LogP contribution >= 0.6 is 0 Å². The van der Waals surface area contributed by atoms with E-state index in [1.54, 1.807) is 12.1 Å². The van der Waals surface area contributed by atoms with E-state index in [1.807, 2.05) is 6.07 Å². The van der Waals surface area contributed by atoms with Crippen LogP contribution in [0.2, 0.25) is 0 Å². The van der Waals surface area contributed by atoms with Crippen LogP contribution in [0.25, 0.3) is 0 Å². The quantitative estimate of drug-likeness (QED) is 0.886. The fraction of sp³-hybridized carbons (Fsp3) is 0.579. The lowest BCUT2D eigenvalue weighted by Crippen LogP contribution is -2.65. The Labute approximate surface area is 146 Å². The third-order valence-electron chi connectivity index (χ3n) is 5.28. The van der Waals surface area contributed by atoms with Gasteiger partial charge in [-0.1, -0.05) is 31.4 Å². The molecule has 1 N–H and O–H groups in total. The summed E-state index contributed by atoms with van der Waals surface area (Å²) in [5.74, 6) is -2.96. The van der Waals surface area contributed by atoms with E-state index in [0.717, 1.165) is 25.7 Å². The van der Waals surface area contributed by atoms with Crippen LogP contribution in [0.5, 0.6) is 0 Å². The molecule has 1 aromatic rings. The smallest absolute Gasteiger partial charge is 0.305 e. The predicted octanol–water partition coefficient (Wildman–Crippen LogP) is 3.51. The third-order valence-corrected chi connectivity index (χ3v) is 5.28. The average Bonchev–Trinajstić information content (AvgIpc) is 2.62. The number of benzene rings is 1. The minimum absolute atomic E-state index is 0.214. The molecule has 2 aliphatic rings. The molecular formula is C19H22F2N2O2. The van der Waals surface area contributed by atoms with Gasteiger partial charge in [0.1, 0.15) is 6.61 Å². The molecule has 1 saturated carbocycles. The second-order valence-corrected chi connectivity index (χ2v) is 7.00. The molecule has 1 amide bonds. The zero-order valence-electron chi connectivity index (χ0n) is 14.1. The molecule has 25 heavy (non-hydrogen) atoms. The van der Waals surface area contributed by atoms with E-state index in [4.69, 9.17) is 10.00 Å². The molecule has 1 saturated heterocycles. The number of carbonyl (C=O) groups excluding carboxylic acids is 1. The van der Waals surface area contributed by atoms with Crippen molar-refractivity contribution < 1.29 is 18.3 Å². The first kappa shape index (κ1) is 17.8. The Morgan fingerprint density at radius 3 is 2.68 bits per heavy atom. The first-order valence-electron chi connectivity index (χ1n) is 8.76. The number of carbonyl (C=O) groups is 1. The molecule has 2 fully saturated rings. The number of alkyl halides is 2. The number of nitriles is 1. The van der Waals surface area contributed by atoms with Crippen molar-refractivity contribution in [2.24, 2.45) is 5.92 Å². The summed E-state index contributed by atoms with van der Waals surface area (Å²) in [6.45, 7) is -0.970. The topological polar surface area (TPSA) is 62.1 Å². The molecule has 1 unspecified atom stereocenters. The van der Waals surface area contributed by atoms with Crippen molar-refractivity contribution in [3.05, 3.63) is 35.4 Å². The van der Waals surface area contributed by atoms with Gasteiger partial charge in [-0.2, -0.15) is 5.26 Å². The first-order valence-corrected chi connectivity index (χ1v) is 8.76. The molecule has 1 aromatic carbocycles. The number of rotatable bonds is 5. The molecule has 134 valence electrons. The van der Waals surface area contributed by atoms with Gasteiger partial charge in [-0.05, 0) is 36.5 Å². The molecular weight excluding hydrogens is 326 g/mol. The fourth-order valence-electron chi connectivity index (χ4n) is 3.72. The van der Waals surface area contributed by atoms with E-state index < -0.39 is 18.1 Å². The molecule has 1 aliphatic heterocycles. The molecule has 1 aliphatic carbocycles. The van der Waals surface area contributed by atoms with Crippen molar-refractivity contribution in [1.82, 2.24) is 5.32 Å². The highest BCUT2D eigenvalue weighted by Gasteiger charge is 2.64. The van der Waals surface area contributed by atoms with E-state index in [9.17, 15) is 13.6 Å². The van der Waals surface area contributed by atoms with Crippen molar-refractivity contribution >= 4 is 5.91 Å². The number of halogens is 2. The Hall–Kier alpha value is -2.00. The van der Waals surface area contributed by atoms with Crippen LogP contribution in [0.4, 0.5) is 8.78 Å². The highest BCUT2D eigenvalue weighted by Crippen LogP contribution is 2.49. The Morgan fingerprint density at radius 2 is 2.08 bits per heavy atom. The summed E-state index contributed by atoms with van der Waals surface area (Å²) in [6, 6.07) is 7.97. The number of amides is 1. The molecule has 0 spiro atoms. The van der Waals surface area contributed by atoms with Crippen LogP contribution in [0.3, 0.4) is 0 Å². The molecule has 3 rings (SSSR count). The monoisotopic (exact) mass is 348 g/mol. The molecule has 1 heterocycles. The summed E-state index contributed by atoms with van der Waals surface area (Å²) < 4.78 is 33.9. The molecule has 4 nitrogen and oxygen atoms in total. The van der Waals surface area contributed by atoms with E-state index in [-0.39, 0.29) is 23.6 Å². The SMILES string of the molecule is N#Cc1cccc(C2(CNC(=O)CC3CCCCC3)OCC2(F)F)c1. The number of hydrogen-bond acceptors (Lipinski definition) is 3. The van der Waals surface area contributed by atoms with Gasteiger partial charge < -0.3 is 10.1 Å². The zero-order chi connectivity index (χ0) is 17.9. The number of nitrogens with one attached hydrogen (secondary N) is 1. The molecule has 1 atom stereocenters. The van der Waals surface area contributed by atoms with Crippen molar-refractivity contribution in [2.75, 3.05) is 13.2 Å². The predicted molar refractivity (Wildman–Crippen MR) is 87.9 cm³/mol. The third kappa shape index (κ3) is 3.52. The summed E-state index contributed by atoms with van der Waals surface area (Å²) in [5.41, 5.74) is -1.38. The van der Waals surface area contributed by atoms with Crippen molar-refractivity contribution in [2.45, 2.75) is 50.0 Å². The Balaban J connectivity index is 1.69. The van der Waals surface area contributed by atoms with Crippen LogP contribution < -0.4 is 5.32 Å². The van der Waals surface area contributed by atoms with Gasteiger partial charge in [0.05, 0.1) is 18.2 Å². The average molecular weight is 348 g/mol. The van der Waals surface area contributed by atoms with Crippen LogP contribution in [0.15, 0.2) is 24.3 Å². The number of nitrogens with zero attached hydrogens (tertiary/aromatic N) is 1. The number of ether oxygens (including phenoxy) is 1. The van der Waals surface area contributed by atoms with Gasteiger partial charge in [-0.25, -0.2) is 8.78 Å². The highest BCUT2D eigenvalue weighted by atomic mass is 19.3. The summed E-state index contributed by atoms with van der Waals surface area (Å²) in [5, 5.41) is 11.6. The molecule has 6 heteroatoms. The van der Waals surface area contributed by atoms with E-state index in [2.05, 4.69) is 5.32 Å². The lowest BCUT2D eigenvalue weighted by Gasteiger charge is -2.49. The van der Waals surface area contributed by atoms with Gasteiger partial charge in [0.25, 0.3) is 0 Å². The standard InChI is InChI=1S/C19H22F2N2O2/c20-19(21)13-25-18(19,16-8-4-7-15(9-16)11-22)12-23-17(24)10-14-5-2-1-3-6-14/h4,7-9,14H,1-3,5-6,10,12-13H2,(H,23,24). The minimum Gasteiger partial charge on any atom is -0.356 e. The number of hydrogen-bond donors (Lipinski definition) is 1. The maximum atomic E-state index is 14.3. The summed E-state index contributed by atoms with van der Waals surface area (Å²) in [6.07, 6.45) is 5.88. The van der Waals surface area contributed by atoms with E-state index in [1.165, 1.54) is 18.6 Å². The second-order valence-electron chi connectivity index (χ2n) is 7.00. The Bertz CT molecular complexity index is 680. The molecule has 0 aromatic heterocycles. The van der Waals surface area contributed by atoms with Crippen LogP contribution in [0, 0.1) is 17.2 Å². The summed E-state index contributed by atoms with van der Waals surface area (Å²) in [7, 11) is 0. The van der Waals surface area contributed by atoms with Crippen molar-refractivity contribution in [3.63, 3.8) is 0 Å². The lowest BCUT2D eigenvalue weighted by atomic mass is 9.82. The Morgan fingerprint density at radius 1 is 1.32 bits per heavy atom. The van der Waals surface area contributed by atoms with Gasteiger partial charge in [-0.15, -0.1) is 0 Å². The lowest BCUT2D eigenvalue weighted by molar-refractivity contribution is -0.334. The minimum atomic E-state index is -3.08. The van der Waals surface area contributed by atoms with Gasteiger partial charge >= 0.3 is 5.92 Å². The normalized spacial score (nSPS) is 25.6. The fourth-order valence-corrected chi connectivity index (χ4v) is 3.72. The summed E-state index contributed by atoms with van der Waals surface area (Å²) >= 11 is 0.